The minimum atomic E-state index is -0.181. The van der Waals surface area contributed by atoms with Crippen molar-refractivity contribution in [2.24, 2.45) is 0 Å². The van der Waals surface area contributed by atoms with Crippen LogP contribution in [0.3, 0.4) is 0 Å². The molecule has 108 valence electrons. The Labute approximate surface area is 123 Å². The molecule has 4 nitrogen and oxygen atoms in total. The van der Waals surface area contributed by atoms with Gasteiger partial charge in [-0.05, 0) is 31.2 Å². The summed E-state index contributed by atoms with van der Waals surface area (Å²) < 4.78 is 5.52. The number of hydrogen-bond donors (Lipinski definition) is 1. The third-order valence-electron chi connectivity index (χ3n) is 2.99. The van der Waals surface area contributed by atoms with Crippen LogP contribution in [-0.2, 0) is 0 Å². The summed E-state index contributed by atoms with van der Waals surface area (Å²) in [6.07, 6.45) is 0.747. The van der Waals surface area contributed by atoms with E-state index < -0.39 is 0 Å². The van der Waals surface area contributed by atoms with E-state index in [-0.39, 0.29) is 5.91 Å². The van der Waals surface area contributed by atoms with E-state index >= 15 is 0 Å². The highest BCUT2D eigenvalue weighted by atomic mass is 16.5. The lowest BCUT2D eigenvalue weighted by Gasteiger charge is -2.08. The molecule has 0 unspecified atom stereocenters. The Balaban J connectivity index is 1.76. The third kappa shape index (κ3) is 4.45. The molecule has 0 spiro atoms. The van der Waals surface area contributed by atoms with Crippen LogP contribution >= 0.6 is 0 Å². The van der Waals surface area contributed by atoms with Crippen LogP contribution < -0.4 is 10.1 Å². The van der Waals surface area contributed by atoms with Crippen LogP contribution in [0, 0.1) is 6.92 Å². The van der Waals surface area contributed by atoms with E-state index in [1.54, 1.807) is 24.3 Å². The van der Waals surface area contributed by atoms with Gasteiger partial charge in [0.1, 0.15) is 18.6 Å². The molecule has 0 fully saturated rings. The highest BCUT2D eigenvalue weighted by Gasteiger charge is 2.04. The van der Waals surface area contributed by atoms with Crippen LogP contribution in [0.25, 0.3) is 0 Å². The number of carbonyl (C=O) groups is 2. The second-order valence-electron chi connectivity index (χ2n) is 4.66. The molecule has 0 aliphatic carbocycles. The predicted molar refractivity (Wildman–Crippen MR) is 80.8 cm³/mol. The van der Waals surface area contributed by atoms with Crippen LogP contribution in [0.15, 0.2) is 48.5 Å². The van der Waals surface area contributed by atoms with Gasteiger partial charge in [-0.1, -0.05) is 29.8 Å². The molecule has 0 saturated carbocycles. The topological polar surface area (TPSA) is 55.4 Å². The maximum absolute atomic E-state index is 11.8. The number of aryl methyl sites for hydroxylation is 1. The molecule has 4 heteroatoms. The summed E-state index contributed by atoms with van der Waals surface area (Å²) in [7, 11) is 0. The van der Waals surface area contributed by atoms with Gasteiger partial charge < -0.3 is 10.1 Å². The zero-order valence-corrected chi connectivity index (χ0v) is 11.8. The van der Waals surface area contributed by atoms with Gasteiger partial charge in [0.25, 0.3) is 5.91 Å². The average molecular weight is 283 g/mol. The minimum Gasteiger partial charge on any atom is -0.492 e. The van der Waals surface area contributed by atoms with E-state index in [2.05, 4.69) is 5.32 Å². The Hall–Kier alpha value is -2.62. The molecule has 1 amide bonds. The molecule has 0 radical (unpaired) electrons. The zero-order valence-electron chi connectivity index (χ0n) is 11.8. The van der Waals surface area contributed by atoms with E-state index in [0.717, 1.165) is 12.0 Å². The standard InChI is InChI=1S/C17H17NO3/c1-13-2-8-16(9-3-13)21-11-10-18-17(20)15-6-4-14(12-19)5-7-15/h2-9,12H,10-11H2,1H3,(H,18,20). The largest absolute Gasteiger partial charge is 0.492 e. The first-order valence-corrected chi connectivity index (χ1v) is 6.72. The third-order valence-corrected chi connectivity index (χ3v) is 2.99. The molecule has 0 heterocycles. The Morgan fingerprint density at radius 1 is 1.10 bits per heavy atom. The monoisotopic (exact) mass is 283 g/mol. The van der Waals surface area contributed by atoms with Gasteiger partial charge in [-0.3, -0.25) is 9.59 Å². The smallest absolute Gasteiger partial charge is 0.251 e. The summed E-state index contributed by atoms with van der Waals surface area (Å²) in [5.41, 5.74) is 2.25. The maximum Gasteiger partial charge on any atom is 0.251 e. The van der Waals surface area contributed by atoms with Gasteiger partial charge in [0, 0.05) is 11.1 Å². The lowest BCUT2D eigenvalue weighted by Crippen LogP contribution is -2.28. The first kappa shape index (κ1) is 14.8. The highest BCUT2D eigenvalue weighted by Crippen LogP contribution is 2.10. The highest BCUT2D eigenvalue weighted by molar-refractivity contribution is 5.94. The first-order chi connectivity index (χ1) is 10.2. The molecule has 2 aromatic rings. The molecule has 0 atom stereocenters. The fourth-order valence-electron chi connectivity index (χ4n) is 1.78. The van der Waals surface area contributed by atoms with E-state index in [1.165, 1.54) is 5.56 Å². The van der Waals surface area contributed by atoms with Crippen LogP contribution in [0.2, 0.25) is 0 Å². The SMILES string of the molecule is Cc1ccc(OCCNC(=O)c2ccc(C=O)cc2)cc1. The van der Waals surface area contributed by atoms with Crippen LogP contribution in [-0.4, -0.2) is 25.3 Å². The minimum absolute atomic E-state index is 0.181. The Kier molecular flexibility index (Phi) is 5.10. The van der Waals surface area contributed by atoms with E-state index in [1.807, 2.05) is 31.2 Å². The number of benzene rings is 2. The maximum atomic E-state index is 11.8. The van der Waals surface area contributed by atoms with Crippen molar-refractivity contribution >= 4 is 12.2 Å². The van der Waals surface area contributed by atoms with Crippen molar-refractivity contribution in [3.8, 4) is 5.75 Å². The van der Waals surface area contributed by atoms with Gasteiger partial charge in [0.2, 0.25) is 0 Å². The summed E-state index contributed by atoms with van der Waals surface area (Å²) in [6, 6.07) is 14.2. The molecule has 0 aromatic heterocycles. The van der Waals surface area contributed by atoms with Gasteiger partial charge in [-0.2, -0.15) is 0 Å². The summed E-state index contributed by atoms with van der Waals surface area (Å²) >= 11 is 0. The van der Waals surface area contributed by atoms with Crippen molar-refractivity contribution in [1.29, 1.82) is 0 Å². The fourth-order valence-corrected chi connectivity index (χ4v) is 1.78. The molecule has 0 aliphatic rings. The van der Waals surface area contributed by atoms with E-state index in [4.69, 9.17) is 4.74 Å². The van der Waals surface area contributed by atoms with Gasteiger partial charge in [0.05, 0.1) is 6.54 Å². The number of ether oxygens (including phenoxy) is 1. The van der Waals surface area contributed by atoms with Crippen molar-refractivity contribution in [2.75, 3.05) is 13.2 Å². The van der Waals surface area contributed by atoms with Gasteiger partial charge in [-0.25, -0.2) is 0 Å². The summed E-state index contributed by atoms with van der Waals surface area (Å²) in [6.45, 7) is 2.84. The van der Waals surface area contributed by atoms with E-state index in [0.29, 0.717) is 24.3 Å². The molecule has 0 aliphatic heterocycles. The quantitative estimate of drug-likeness (QED) is 0.655. The number of rotatable bonds is 6. The molecule has 2 rings (SSSR count). The van der Waals surface area contributed by atoms with Crippen LogP contribution in [0.4, 0.5) is 0 Å². The molecule has 1 N–H and O–H groups in total. The van der Waals surface area contributed by atoms with Crippen molar-refractivity contribution in [3.63, 3.8) is 0 Å². The molecule has 0 bridgehead atoms. The number of aldehydes is 1. The van der Waals surface area contributed by atoms with Gasteiger partial charge in [-0.15, -0.1) is 0 Å². The van der Waals surface area contributed by atoms with Crippen molar-refractivity contribution < 1.29 is 14.3 Å². The number of amides is 1. The second-order valence-corrected chi connectivity index (χ2v) is 4.66. The van der Waals surface area contributed by atoms with Gasteiger partial charge >= 0.3 is 0 Å². The Bertz CT molecular complexity index is 603. The zero-order chi connectivity index (χ0) is 15.1. The Morgan fingerprint density at radius 2 is 1.76 bits per heavy atom. The normalized spacial score (nSPS) is 9.95. The first-order valence-electron chi connectivity index (χ1n) is 6.72. The molecular weight excluding hydrogens is 266 g/mol. The predicted octanol–water partition coefficient (Wildman–Crippen LogP) is 2.62. The van der Waals surface area contributed by atoms with Crippen molar-refractivity contribution in [2.45, 2.75) is 6.92 Å². The Morgan fingerprint density at radius 3 is 2.38 bits per heavy atom. The average Bonchev–Trinajstić information content (AvgIpc) is 2.53. The summed E-state index contributed by atoms with van der Waals surface area (Å²) in [4.78, 5) is 22.4. The number of hydrogen-bond acceptors (Lipinski definition) is 3. The molecule has 21 heavy (non-hydrogen) atoms. The van der Waals surface area contributed by atoms with Crippen LogP contribution in [0.1, 0.15) is 26.3 Å². The van der Waals surface area contributed by atoms with Gasteiger partial charge in [0.15, 0.2) is 0 Å². The summed E-state index contributed by atoms with van der Waals surface area (Å²) in [5, 5.41) is 2.77. The van der Waals surface area contributed by atoms with Crippen LogP contribution in [0.5, 0.6) is 5.75 Å². The molecular formula is C17H17NO3. The van der Waals surface area contributed by atoms with Crippen molar-refractivity contribution in [3.05, 3.63) is 65.2 Å². The fraction of sp³-hybridized carbons (Fsp3) is 0.176. The lowest BCUT2D eigenvalue weighted by molar-refractivity contribution is 0.0946. The number of carbonyl (C=O) groups excluding carboxylic acids is 2. The molecule has 0 saturated heterocycles. The van der Waals surface area contributed by atoms with E-state index in [9.17, 15) is 9.59 Å². The van der Waals surface area contributed by atoms with Crippen molar-refractivity contribution in [1.82, 2.24) is 5.32 Å². The second kappa shape index (κ2) is 7.24. The lowest BCUT2D eigenvalue weighted by atomic mass is 10.1. The number of nitrogens with one attached hydrogen (secondary N) is 1. The summed E-state index contributed by atoms with van der Waals surface area (Å²) in [5.74, 6) is 0.602. The molecule has 2 aromatic carbocycles.